The van der Waals surface area contributed by atoms with Crippen molar-refractivity contribution in [1.29, 1.82) is 0 Å². The number of nitrogens with one attached hydrogen (secondary N) is 1. The normalized spacial score (nSPS) is 17.0. The van der Waals surface area contributed by atoms with Crippen LogP contribution in [0.2, 0.25) is 0 Å². The van der Waals surface area contributed by atoms with E-state index in [0.717, 1.165) is 62.6 Å². The number of morpholine rings is 1. The molecule has 1 N–H and O–H groups in total. The number of piperidine rings is 1. The Kier molecular flexibility index (Phi) is 15.5. The number of nitrogens with zero attached hydrogens (tertiary/aromatic N) is 2. The molecule has 298 valence electrons. The van der Waals surface area contributed by atoms with Crippen molar-refractivity contribution >= 4 is 11.8 Å². The second-order valence-electron chi connectivity index (χ2n) is 13.7. The standard InChI is InChI=1S/C43H57N3O9/c1-7-11-34(32-28-39(51-4)41(53-6)40(29-32)52-5)43(48)46-19-9-8-14-36(46)42(47)44-35(17-15-30-16-18-37(49-2)38(26-30)50-3)31-12-10-13-33(27-31)55-25-22-45-20-23-54-24-21-45/h7,10,12-13,16,18,26-29,34-36H,1,8-9,11,14-15,17,19-25H2,2-6H3,(H,44,47)/t34-,35?,36-/m0/s1. The van der Waals surface area contributed by atoms with Gasteiger partial charge in [0, 0.05) is 26.2 Å². The van der Waals surface area contributed by atoms with E-state index < -0.39 is 12.0 Å². The molecule has 0 bridgehead atoms. The second kappa shape index (κ2) is 20.7. The quantitative estimate of drug-likeness (QED) is 0.147. The number of likely N-dealkylation sites (tertiary alicyclic amines) is 1. The van der Waals surface area contributed by atoms with Gasteiger partial charge in [-0.1, -0.05) is 24.3 Å². The molecule has 0 aliphatic carbocycles. The number of carbonyl (C=O) groups is 2. The van der Waals surface area contributed by atoms with Gasteiger partial charge in [0.15, 0.2) is 23.0 Å². The molecule has 0 saturated carbocycles. The van der Waals surface area contributed by atoms with Crippen LogP contribution >= 0.6 is 0 Å². The number of allylic oxidation sites excluding steroid dienone is 1. The monoisotopic (exact) mass is 759 g/mol. The Morgan fingerprint density at radius 2 is 1.58 bits per heavy atom. The van der Waals surface area contributed by atoms with Crippen molar-refractivity contribution in [3.63, 3.8) is 0 Å². The highest BCUT2D eigenvalue weighted by Crippen LogP contribution is 2.41. The Morgan fingerprint density at radius 1 is 0.855 bits per heavy atom. The Labute approximate surface area is 325 Å². The maximum Gasteiger partial charge on any atom is 0.243 e. The maximum atomic E-state index is 14.5. The zero-order chi connectivity index (χ0) is 39.2. The van der Waals surface area contributed by atoms with Gasteiger partial charge in [0.1, 0.15) is 18.4 Å². The van der Waals surface area contributed by atoms with Crippen LogP contribution in [0.25, 0.3) is 0 Å². The molecule has 12 heteroatoms. The number of amides is 2. The molecule has 2 saturated heterocycles. The highest BCUT2D eigenvalue weighted by molar-refractivity contribution is 5.91. The van der Waals surface area contributed by atoms with Crippen molar-refractivity contribution in [2.45, 2.75) is 56.5 Å². The van der Waals surface area contributed by atoms with E-state index >= 15 is 0 Å². The van der Waals surface area contributed by atoms with Crippen LogP contribution in [0.5, 0.6) is 34.5 Å². The molecule has 0 aromatic heterocycles. The maximum absolute atomic E-state index is 14.5. The van der Waals surface area contributed by atoms with E-state index in [1.165, 1.54) is 0 Å². The third kappa shape index (κ3) is 10.6. The van der Waals surface area contributed by atoms with Gasteiger partial charge in [-0.25, -0.2) is 0 Å². The first-order valence-corrected chi connectivity index (χ1v) is 19.1. The second-order valence-corrected chi connectivity index (χ2v) is 13.7. The minimum atomic E-state index is -0.646. The molecule has 2 aliphatic heterocycles. The van der Waals surface area contributed by atoms with Crippen LogP contribution in [0.1, 0.15) is 60.8 Å². The van der Waals surface area contributed by atoms with Crippen LogP contribution in [0.15, 0.2) is 67.3 Å². The predicted octanol–water partition coefficient (Wildman–Crippen LogP) is 5.97. The fourth-order valence-electron chi connectivity index (χ4n) is 7.39. The van der Waals surface area contributed by atoms with Crippen molar-refractivity contribution in [3.05, 3.63) is 83.9 Å². The molecule has 2 amide bonds. The predicted molar refractivity (Wildman–Crippen MR) is 211 cm³/mol. The van der Waals surface area contributed by atoms with Gasteiger partial charge in [-0.3, -0.25) is 14.5 Å². The molecule has 2 aliphatic rings. The van der Waals surface area contributed by atoms with Crippen LogP contribution in [-0.2, 0) is 20.7 Å². The average Bonchev–Trinajstić information content (AvgIpc) is 3.23. The SMILES string of the molecule is C=CC[C@H](C(=O)N1CCCC[C@H]1C(=O)NC(CCc1ccc(OC)c(OC)c1)c1cccc(OCCN2CCOCC2)c1)c1cc(OC)c(OC)c(OC)c1. The molecular weight excluding hydrogens is 702 g/mol. The fourth-order valence-corrected chi connectivity index (χ4v) is 7.39. The van der Waals surface area contributed by atoms with Crippen molar-refractivity contribution < 1.29 is 42.7 Å². The number of aryl methyl sites for hydroxylation is 1. The smallest absolute Gasteiger partial charge is 0.243 e. The van der Waals surface area contributed by atoms with Gasteiger partial charge in [-0.05, 0) is 91.6 Å². The first-order valence-electron chi connectivity index (χ1n) is 19.1. The summed E-state index contributed by atoms with van der Waals surface area (Å²) in [6.07, 6.45) is 5.55. The molecule has 0 radical (unpaired) electrons. The molecule has 3 aromatic rings. The lowest BCUT2D eigenvalue weighted by Gasteiger charge is -2.38. The topological polar surface area (TPSA) is 117 Å². The number of benzene rings is 3. The van der Waals surface area contributed by atoms with Gasteiger partial charge in [0.2, 0.25) is 17.6 Å². The van der Waals surface area contributed by atoms with E-state index in [-0.39, 0.29) is 17.9 Å². The van der Waals surface area contributed by atoms with Crippen molar-refractivity contribution in [3.8, 4) is 34.5 Å². The summed E-state index contributed by atoms with van der Waals surface area (Å²) in [6, 6.07) is 16.4. The minimum absolute atomic E-state index is 0.147. The van der Waals surface area contributed by atoms with Crippen molar-refractivity contribution in [1.82, 2.24) is 15.1 Å². The Balaban J connectivity index is 1.38. The summed E-state index contributed by atoms with van der Waals surface area (Å²) >= 11 is 0. The largest absolute Gasteiger partial charge is 0.493 e. The number of hydrogen-bond acceptors (Lipinski definition) is 10. The lowest BCUT2D eigenvalue weighted by Crippen LogP contribution is -2.53. The van der Waals surface area contributed by atoms with Gasteiger partial charge in [0.05, 0.1) is 60.7 Å². The zero-order valence-electron chi connectivity index (χ0n) is 33.0. The van der Waals surface area contributed by atoms with Gasteiger partial charge < -0.3 is 43.4 Å². The molecule has 5 rings (SSSR count). The number of rotatable bonds is 19. The summed E-state index contributed by atoms with van der Waals surface area (Å²) in [5, 5.41) is 3.36. The summed E-state index contributed by atoms with van der Waals surface area (Å²) < 4.78 is 39.5. The van der Waals surface area contributed by atoms with Crippen LogP contribution in [0.3, 0.4) is 0 Å². The van der Waals surface area contributed by atoms with Crippen molar-refractivity contribution in [2.75, 3.05) is 81.5 Å². The Hall–Kier alpha value is -4.94. The molecule has 12 nitrogen and oxygen atoms in total. The van der Waals surface area contributed by atoms with Crippen LogP contribution < -0.4 is 33.7 Å². The van der Waals surface area contributed by atoms with E-state index in [9.17, 15) is 9.59 Å². The third-order valence-electron chi connectivity index (χ3n) is 10.4. The van der Waals surface area contributed by atoms with Gasteiger partial charge in [-0.15, -0.1) is 6.58 Å². The Morgan fingerprint density at radius 3 is 2.25 bits per heavy atom. The number of ether oxygens (including phenoxy) is 7. The first kappa shape index (κ1) is 41.2. The van der Waals surface area contributed by atoms with E-state index in [4.69, 9.17) is 33.2 Å². The highest BCUT2D eigenvalue weighted by atomic mass is 16.5. The van der Waals surface area contributed by atoms with Gasteiger partial charge in [0.25, 0.3) is 0 Å². The van der Waals surface area contributed by atoms with E-state index in [1.54, 1.807) is 58.7 Å². The van der Waals surface area contributed by atoms with Crippen LogP contribution in [0, 0.1) is 0 Å². The minimum Gasteiger partial charge on any atom is -0.493 e. The van der Waals surface area contributed by atoms with Gasteiger partial charge >= 0.3 is 0 Å². The molecule has 2 heterocycles. The van der Waals surface area contributed by atoms with E-state index in [2.05, 4.69) is 16.8 Å². The summed E-state index contributed by atoms with van der Waals surface area (Å²) in [5.74, 6) is 2.45. The lowest BCUT2D eigenvalue weighted by atomic mass is 9.90. The lowest BCUT2D eigenvalue weighted by molar-refractivity contribution is -0.143. The fraction of sp³-hybridized carbons (Fsp3) is 0.488. The van der Waals surface area contributed by atoms with Gasteiger partial charge in [-0.2, -0.15) is 0 Å². The Bertz CT molecular complexity index is 1700. The molecule has 0 spiro atoms. The molecule has 55 heavy (non-hydrogen) atoms. The number of carbonyl (C=O) groups excluding carboxylic acids is 2. The summed E-state index contributed by atoms with van der Waals surface area (Å²) in [5.41, 5.74) is 2.66. The number of methoxy groups -OCH3 is 5. The zero-order valence-corrected chi connectivity index (χ0v) is 33.0. The van der Waals surface area contributed by atoms with Crippen molar-refractivity contribution in [2.24, 2.45) is 0 Å². The molecule has 3 atom stereocenters. The molecule has 3 aromatic carbocycles. The first-order chi connectivity index (χ1) is 26.8. The molecular formula is C43H57N3O9. The van der Waals surface area contributed by atoms with Crippen LogP contribution in [0.4, 0.5) is 0 Å². The molecule has 1 unspecified atom stereocenters. The van der Waals surface area contributed by atoms with E-state index in [1.807, 2.05) is 42.5 Å². The summed E-state index contributed by atoms with van der Waals surface area (Å²) in [7, 11) is 7.87. The summed E-state index contributed by atoms with van der Waals surface area (Å²) in [4.78, 5) is 33.1. The highest BCUT2D eigenvalue weighted by Gasteiger charge is 2.37. The third-order valence-corrected chi connectivity index (χ3v) is 10.4. The molecule has 2 fully saturated rings. The number of hydrogen-bond donors (Lipinski definition) is 1. The average molecular weight is 760 g/mol. The summed E-state index contributed by atoms with van der Waals surface area (Å²) in [6.45, 7) is 9.03. The van der Waals surface area contributed by atoms with E-state index in [0.29, 0.717) is 73.1 Å². The van der Waals surface area contributed by atoms with Crippen LogP contribution in [-0.4, -0.2) is 109 Å².